The summed E-state index contributed by atoms with van der Waals surface area (Å²) in [6.07, 6.45) is -0.171. The number of nitrogens with one attached hydrogen (secondary N) is 2. The van der Waals surface area contributed by atoms with Crippen molar-refractivity contribution in [3.8, 4) is 11.1 Å². The molecule has 0 unspecified atom stereocenters. The van der Waals surface area contributed by atoms with Crippen LogP contribution in [0.3, 0.4) is 0 Å². The van der Waals surface area contributed by atoms with E-state index < -0.39 is 26.6 Å². The third-order valence-corrected chi connectivity index (χ3v) is 6.35. The van der Waals surface area contributed by atoms with Gasteiger partial charge < -0.3 is 5.32 Å². The molecule has 0 aliphatic heterocycles. The highest BCUT2D eigenvalue weighted by atomic mass is 32.2. The molecule has 0 radical (unpaired) electrons. The topological polar surface area (TPSA) is 75.3 Å². The number of halogens is 2. The average Bonchev–Trinajstić information content (AvgIpc) is 3.20. The van der Waals surface area contributed by atoms with Crippen molar-refractivity contribution in [1.82, 2.24) is 10.0 Å². The lowest BCUT2D eigenvalue weighted by molar-refractivity contribution is -0.121. The van der Waals surface area contributed by atoms with Gasteiger partial charge >= 0.3 is 0 Å². The monoisotopic (exact) mass is 436 g/mol. The fourth-order valence-electron chi connectivity index (χ4n) is 2.77. The zero-order chi connectivity index (χ0) is 20.9. The highest BCUT2D eigenvalue weighted by Crippen LogP contribution is 2.25. The van der Waals surface area contributed by atoms with Crippen LogP contribution in [-0.4, -0.2) is 20.9 Å². The Labute approximate surface area is 171 Å². The Bertz CT molecular complexity index is 1080. The second-order valence-corrected chi connectivity index (χ2v) is 8.63. The minimum atomic E-state index is -4.40. The number of rotatable bonds is 8. The molecule has 0 aliphatic carbocycles. The lowest BCUT2D eigenvalue weighted by Crippen LogP contribution is -2.31. The van der Waals surface area contributed by atoms with Gasteiger partial charge in [0.15, 0.2) is 4.90 Å². The average molecular weight is 437 g/mol. The standard InChI is InChI=1S/C20H18F2N2O3S2/c21-17-6-3-7-18(22)20(17)29(26,27)24-10-8-19(25)23-12-14-4-1-2-5-16(14)15-9-11-28-13-15/h1-7,9,11,13,24H,8,10,12H2,(H,23,25). The second-order valence-electron chi connectivity index (χ2n) is 6.14. The van der Waals surface area contributed by atoms with Gasteiger partial charge in [-0.05, 0) is 45.6 Å². The quantitative estimate of drug-likeness (QED) is 0.566. The van der Waals surface area contributed by atoms with Crippen LogP contribution in [0.15, 0.2) is 64.2 Å². The molecular weight excluding hydrogens is 418 g/mol. The van der Waals surface area contributed by atoms with E-state index in [9.17, 15) is 22.0 Å². The summed E-state index contributed by atoms with van der Waals surface area (Å²) in [4.78, 5) is 11.0. The van der Waals surface area contributed by atoms with Crippen molar-refractivity contribution in [3.63, 3.8) is 0 Å². The van der Waals surface area contributed by atoms with E-state index in [4.69, 9.17) is 0 Å². The summed E-state index contributed by atoms with van der Waals surface area (Å²) in [5.41, 5.74) is 2.98. The SMILES string of the molecule is O=C(CCNS(=O)(=O)c1c(F)cccc1F)NCc1ccccc1-c1ccsc1. The van der Waals surface area contributed by atoms with Gasteiger partial charge in [-0.2, -0.15) is 11.3 Å². The van der Waals surface area contributed by atoms with Crippen LogP contribution in [0.25, 0.3) is 11.1 Å². The summed E-state index contributed by atoms with van der Waals surface area (Å²) in [5, 5.41) is 6.71. The summed E-state index contributed by atoms with van der Waals surface area (Å²) in [6.45, 7) is -0.00629. The Morgan fingerprint density at radius 2 is 1.72 bits per heavy atom. The molecule has 0 saturated heterocycles. The number of hydrogen-bond acceptors (Lipinski definition) is 4. The maximum Gasteiger partial charge on any atom is 0.246 e. The Morgan fingerprint density at radius 3 is 2.41 bits per heavy atom. The summed E-state index contributed by atoms with van der Waals surface area (Å²) < 4.78 is 53.5. The van der Waals surface area contributed by atoms with Crippen molar-refractivity contribution in [2.45, 2.75) is 17.9 Å². The Kier molecular flexibility index (Phi) is 6.73. The molecule has 1 heterocycles. The predicted molar refractivity (Wildman–Crippen MR) is 108 cm³/mol. The number of hydrogen-bond donors (Lipinski definition) is 2. The van der Waals surface area contributed by atoms with E-state index in [1.54, 1.807) is 11.3 Å². The summed E-state index contributed by atoms with van der Waals surface area (Å²) >= 11 is 1.58. The highest BCUT2D eigenvalue weighted by Gasteiger charge is 2.23. The molecule has 3 rings (SSSR count). The van der Waals surface area contributed by atoms with Crippen molar-refractivity contribution in [2.75, 3.05) is 6.54 Å². The Morgan fingerprint density at radius 1 is 1.00 bits per heavy atom. The summed E-state index contributed by atoms with van der Waals surface area (Å²) in [7, 11) is -4.40. The fourth-order valence-corrected chi connectivity index (χ4v) is 4.59. The van der Waals surface area contributed by atoms with Gasteiger partial charge in [0.05, 0.1) is 0 Å². The van der Waals surface area contributed by atoms with Crippen LogP contribution >= 0.6 is 11.3 Å². The van der Waals surface area contributed by atoms with Crippen molar-refractivity contribution in [3.05, 3.63) is 76.5 Å². The molecule has 2 N–H and O–H groups in total. The van der Waals surface area contributed by atoms with Gasteiger partial charge in [0.2, 0.25) is 15.9 Å². The highest BCUT2D eigenvalue weighted by molar-refractivity contribution is 7.89. The van der Waals surface area contributed by atoms with Gasteiger partial charge in [-0.1, -0.05) is 30.3 Å². The molecule has 1 aromatic heterocycles. The molecule has 0 aliphatic rings. The van der Waals surface area contributed by atoms with Crippen LogP contribution in [0.5, 0.6) is 0 Å². The van der Waals surface area contributed by atoms with Gasteiger partial charge in [-0.3, -0.25) is 4.79 Å². The van der Waals surface area contributed by atoms with E-state index in [-0.39, 0.29) is 25.4 Å². The van der Waals surface area contributed by atoms with E-state index in [1.807, 2.05) is 41.1 Å². The van der Waals surface area contributed by atoms with Crippen LogP contribution in [0, 0.1) is 11.6 Å². The number of thiophene rings is 1. The third-order valence-electron chi connectivity index (χ3n) is 4.16. The third kappa shape index (κ3) is 5.26. The molecule has 1 amide bonds. The van der Waals surface area contributed by atoms with Crippen LogP contribution in [0.1, 0.15) is 12.0 Å². The summed E-state index contributed by atoms with van der Waals surface area (Å²) in [6, 6.07) is 12.4. The van der Waals surface area contributed by atoms with E-state index >= 15 is 0 Å². The van der Waals surface area contributed by atoms with E-state index in [1.165, 1.54) is 0 Å². The molecule has 2 aromatic carbocycles. The lowest BCUT2D eigenvalue weighted by atomic mass is 10.0. The minimum Gasteiger partial charge on any atom is -0.352 e. The molecule has 5 nitrogen and oxygen atoms in total. The molecule has 0 fully saturated rings. The molecule has 0 saturated carbocycles. The van der Waals surface area contributed by atoms with Crippen molar-refractivity contribution < 1.29 is 22.0 Å². The van der Waals surface area contributed by atoms with Gasteiger partial charge in [-0.15, -0.1) is 0 Å². The first-order valence-electron chi connectivity index (χ1n) is 8.69. The second kappa shape index (κ2) is 9.25. The number of carbonyl (C=O) groups excluding carboxylic acids is 1. The van der Waals surface area contributed by atoms with E-state index in [2.05, 4.69) is 10.0 Å². The molecule has 0 spiro atoms. The molecule has 0 atom stereocenters. The Balaban J connectivity index is 1.55. The van der Waals surface area contributed by atoms with Crippen molar-refractivity contribution in [2.24, 2.45) is 0 Å². The van der Waals surface area contributed by atoms with Crippen molar-refractivity contribution >= 4 is 27.3 Å². The van der Waals surface area contributed by atoms with E-state index in [0.29, 0.717) is 0 Å². The first kappa shape index (κ1) is 21.1. The number of amides is 1. The van der Waals surface area contributed by atoms with Gasteiger partial charge in [-0.25, -0.2) is 21.9 Å². The van der Waals surface area contributed by atoms with Gasteiger partial charge in [0.1, 0.15) is 11.6 Å². The molecule has 9 heteroatoms. The smallest absolute Gasteiger partial charge is 0.246 e. The van der Waals surface area contributed by atoms with Gasteiger partial charge in [0.25, 0.3) is 0 Å². The van der Waals surface area contributed by atoms with Crippen LogP contribution < -0.4 is 10.0 Å². The molecule has 152 valence electrons. The molecule has 29 heavy (non-hydrogen) atoms. The zero-order valence-electron chi connectivity index (χ0n) is 15.2. The van der Waals surface area contributed by atoms with Crippen molar-refractivity contribution in [1.29, 1.82) is 0 Å². The fraction of sp³-hybridized carbons (Fsp3) is 0.150. The maximum absolute atomic E-state index is 13.7. The lowest BCUT2D eigenvalue weighted by Gasteiger charge is -2.11. The first-order chi connectivity index (χ1) is 13.9. The summed E-state index contributed by atoms with van der Waals surface area (Å²) in [5.74, 6) is -2.76. The van der Waals surface area contributed by atoms with Crippen LogP contribution in [0.4, 0.5) is 8.78 Å². The first-order valence-corrected chi connectivity index (χ1v) is 11.1. The number of sulfonamides is 1. The van der Waals surface area contributed by atoms with E-state index in [0.717, 1.165) is 34.9 Å². The van der Waals surface area contributed by atoms with Crippen LogP contribution in [-0.2, 0) is 21.4 Å². The number of benzene rings is 2. The minimum absolute atomic E-state index is 0.171. The predicted octanol–water partition coefficient (Wildman–Crippen LogP) is 3.68. The Hall–Kier alpha value is -2.62. The largest absolute Gasteiger partial charge is 0.352 e. The molecule has 3 aromatic rings. The molecular formula is C20H18F2N2O3S2. The normalized spacial score (nSPS) is 11.4. The van der Waals surface area contributed by atoms with Gasteiger partial charge in [0, 0.05) is 19.5 Å². The molecule has 0 bridgehead atoms. The maximum atomic E-state index is 13.7. The van der Waals surface area contributed by atoms with Crippen LogP contribution in [0.2, 0.25) is 0 Å². The number of carbonyl (C=O) groups is 1. The zero-order valence-corrected chi connectivity index (χ0v) is 16.8.